The Balaban J connectivity index is 2.26. The minimum absolute atomic E-state index is 0.123. The number of hydrogen-bond acceptors (Lipinski definition) is 5. The molecule has 0 spiro atoms. The Hall–Kier alpha value is -1.59. The van der Waals surface area contributed by atoms with Crippen LogP contribution in [-0.2, 0) is 16.0 Å². The number of aryl methyl sites for hydroxylation is 1. The van der Waals surface area contributed by atoms with Gasteiger partial charge in [-0.2, -0.15) is 0 Å². The fourth-order valence-electron chi connectivity index (χ4n) is 2.71. The van der Waals surface area contributed by atoms with Gasteiger partial charge in [-0.15, -0.1) is 0 Å². The highest BCUT2D eigenvalue weighted by Gasteiger charge is 2.24. The molecule has 1 aromatic rings. The van der Waals surface area contributed by atoms with Crippen LogP contribution >= 0.6 is 0 Å². The molecule has 2 rings (SSSR count). The number of anilines is 1. The first kappa shape index (κ1) is 15.8. The van der Waals surface area contributed by atoms with Crippen LogP contribution in [0.15, 0.2) is 18.2 Å². The predicted molar refractivity (Wildman–Crippen MR) is 84.2 cm³/mol. The van der Waals surface area contributed by atoms with Gasteiger partial charge in [0, 0.05) is 19.3 Å². The lowest BCUT2D eigenvalue weighted by molar-refractivity contribution is -0.150. The van der Waals surface area contributed by atoms with Gasteiger partial charge in [-0.05, 0) is 50.9 Å². The van der Waals surface area contributed by atoms with Gasteiger partial charge < -0.3 is 9.64 Å². The van der Waals surface area contributed by atoms with Crippen molar-refractivity contribution < 1.29 is 9.53 Å². The molecule has 1 aliphatic rings. The summed E-state index contributed by atoms with van der Waals surface area (Å²) in [5.74, 6) is -0.261. The SMILES string of the molecule is CNNC(C(=O)OC(C)C)c1ccc2c(c1)CCCN2C. The third-order valence-electron chi connectivity index (χ3n) is 3.66. The van der Waals surface area contributed by atoms with Crippen molar-refractivity contribution in [3.63, 3.8) is 0 Å². The average Bonchev–Trinajstić information content (AvgIpc) is 2.43. The standard InChI is InChI=1S/C16H25N3O2/c1-11(2)21-16(20)15(18-17-3)13-7-8-14-12(10-13)6-5-9-19(14)4/h7-8,10-11,15,17-18H,5-6,9H2,1-4H3. The van der Waals surface area contributed by atoms with Gasteiger partial charge in [0.25, 0.3) is 0 Å². The lowest BCUT2D eigenvalue weighted by Gasteiger charge is -2.28. The van der Waals surface area contributed by atoms with Gasteiger partial charge in [0.15, 0.2) is 0 Å². The molecule has 0 bridgehead atoms. The van der Waals surface area contributed by atoms with Crippen LogP contribution in [0.4, 0.5) is 5.69 Å². The van der Waals surface area contributed by atoms with Gasteiger partial charge in [-0.25, -0.2) is 10.2 Å². The van der Waals surface area contributed by atoms with Gasteiger partial charge in [0.05, 0.1) is 6.10 Å². The van der Waals surface area contributed by atoms with Crippen molar-refractivity contribution >= 4 is 11.7 Å². The third-order valence-corrected chi connectivity index (χ3v) is 3.66. The molecule has 0 aromatic heterocycles. The fourth-order valence-corrected chi connectivity index (χ4v) is 2.71. The van der Waals surface area contributed by atoms with Crippen LogP contribution in [-0.4, -0.2) is 32.7 Å². The zero-order chi connectivity index (χ0) is 15.4. The van der Waals surface area contributed by atoms with E-state index in [2.05, 4.69) is 34.9 Å². The molecule has 0 amide bonds. The highest BCUT2D eigenvalue weighted by atomic mass is 16.5. The molecule has 0 saturated carbocycles. The maximum absolute atomic E-state index is 12.2. The lowest BCUT2D eigenvalue weighted by Crippen LogP contribution is -2.38. The number of esters is 1. The zero-order valence-corrected chi connectivity index (χ0v) is 13.3. The molecule has 1 unspecified atom stereocenters. The molecule has 0 aliphatic carbocycles. The molecule has 0 fully saturated rings. The number of hydrazine groups is 1. The van der Waals surface area contributed by atoms with E-state index in [-0.39, 0.29) is 12.1 Å². The molecule has 1 heterocycles. The number of rotatable bonds is 5. The monoisotopic (exact) mass is 291 g/mol. The second kappa shape index (κ2) is 6.91. The van der Waals surface area contributed by atoms with E-state index in [9.17, 15) is 4.79 Å². The summed E-state index contributed by atoms with van der Waals surface area (Å²) < 4.78 is 5.33. The minimum Gasteiger partial charge on any atom is -0.462 e. The van der Waals surface area contributed by atoms with E-state index >= 15 is 0 Å². The topological polar surface area (TPSA) is 53.6 Å². The number of hydrogen-bond donors (Lipinski definition) is 2. The molecule has 1 atom stereocenters. The van der Waals surface area contributed by atoms with Crippen molar-refractivity contribution in [2.45, 2.75) is 38.8 Å². The molecule has 116 valence electrons. The molecule has 5 heteroatoms. The Morgan fingerprint density at radius 2 is 2.14 bits per heavy atom. The van der Waals surface area contributed by atoms with Crippen LogP contribution in [0.5, 0.6) is 0 Å². The number of ether oxygens (including phenoxy) is 1. The Morgan fingerprint density at radius 1 is 1.38 bits per heavy atom. The second-order valence-corrected chi connectivity index (χ2v) is 5.73. The summed E-state index contributed by atoms with van der Waals surface area (Å²) in [5, 5.41) is 0. The van der Waals surface area contributed by atoms with Crippen LogP contribution in [0.3, 0.4) is 0 Å². The van der Waals surface area contributed by atoms with E-state index in [0.29, 0.717) is 0 Å². The molecular weight excluding hydrogens is 266 g/mol. The summed E-state index contributed by atoms with van der Waals surface area (Å²) in [6.45, 7) is 4.80. The van der Waals surface area contributed by atoms with Crippen molar-refractivity contribution in [2.75, 3.05) is 25.5 Å². The van der Waals surface area contributed by atoms with E-state index in [1.807, 2.05) is 19.9 Å². The lowest BCUT2D eigenvalue weighted by atomic mass is 9.97. The second-order valence-electron chi connectivity index (χ2n) is 5.73. The quantitative estimate of drug-likeness (QED) is 0.640. The Kier molecular flexibility index (Phi) is 5.20. The zero-order valence-electron chi connectivity index (χ0n) is 13.3. The summed E-state index contributed by atoms with van der Waals surface area (Å²) in [5.41, 5.74) is 9.31. The van der Waals surface area contributed by atoms with Crippen molar-refractivity contribution in [2.24, 2.45) is 0 Å². The van der Waals surface area contributed by atoms with Crippen LogP contribution in [0.25, 0.3) is 0 Å². The normalized spacial score (nSPS) is 15.8. The Labute approximate surface area is 126 Å². The van der Waals surface area contributed by atoms with E-state index in [1.54, 1.807) is 7.05 Å². The fraction of sp³-hybridized carbons (Fsp3) is 0.562. The first-order chi connectivity index (χ1) is 10.0. The third kappa shape index (κ3) is 3.74. The van der Waals surface area contributed by atoms with E-state index < -0.39 is 6.04 Å². The van der Waals surface area contributed by atoms with Crippen LogP contribution in [0.2, 0.25) is 0 Å². The van der Waals surface area contributed by atoms with Crippen LogP contribution in [0.1, 0.15) is 37.4 Å². The first-order valence-corrected chi connectivity index (χ1v) is 7.49. The number of nitrogens with one attached hydrogen (secondary N) is 2. The number of fused-ring (bicyclic) bond motifs is 1. The van der Waals surface area contributed by atoms with E-state index in [1.165, 1.54) is 11.3 Å². The van der Waals surface area contributed by atoms with Crippen LogP contribution < -0.4 is 15.8 Å². The summed E-state index contributed by atoms with van der Waals surface area (Å²) in [6, 6.07) is 5.71. The van der Waals surface area contributed by atoms with Crippen molar-refractivity contribution in [3.05, 3.63) is 29.3 Å². The van der Waals surface area contributed by atoms with Gasteiger partial charge >= 0.3 is 5.97 Å². The highest BCUT2D eigenvalue weighted by molar-refractivity contribution is 5.78. The van der Waals surface area contributed by atoms with Gasteiger partial charge in [-0.1, -0.05) is 12.1 Å². The molecule has 1 aromatic carbocycles. The highest BCUT2D eigenvalue weighted by Crippen LogP contribution is 2.29. The average molecular weight is 291 g/mol. The molecule has 1 aliphatic heterocycles. The van der Waals surface area contributed by atoms with Crippen LogP contribution in [0, 0.1) is 0 Å². The number of carbonyl (C=O) groups is 1. The molecule has 2 N–H and O–H groups in total. The molecule has 5 nitrogen and oxygen atoms in total. The largest absolute Gasteiger partial charge is 0.462 e. The van der Waals surface area contributed by atoms with Gasteiger partial charge in [0.1, 0.15) is 6.04 Å². The Bertz CT molecular complexity index is 502. The van der Waals surface area contributed by atoms with Crippen molar-refractivity contribution in [1.82, 2.24) is 10.9 Å². The van der Waals surface area contributed by atoms with Crippen molar-refractivity contribution in [3.8, 4) is 0 Å². The summed E-state index contributed by atoms with van der Waals surface area (Å²) >= 11 is 0. The van der Waals surface area contributed by atoms with E-state index in [0.717, 1.165) is 24.9 Å². The molecule has 21 heavy (non-hydrogen) atoms. The predicted octanol–water partition coefficient (Wildman–Crippen LogP) is 1.79. The smallest absolute Gasteiger partial charge is 0.329 e. The first-order valence-electron chi connectivity index (χ1n) is 7.49. The summed E-state index contributed by atoms with van der Waals surface area (Å²) in [7, 11) is 3.86. The van der Waals surface area contributed by atoms with E-state index in [4.69, 9.17) is 4.74 Å². The maximum atomic E-state index is 12.2. The van der Waals surface area contributed by atoms with Gasteiger partial charge in [-0.3, -0.25) is 5.43 Å². The van der Waals surface area contributed by atoms with Gasteiger partial charge in [0.2, 0.25) is 0 Å². The molecular formula is C16H25N3O2. The number of benzene rings is 1. The maximum Gasteiger partial charge on any atom is 0.329 e. The summed E-state index contributed by atoms with van der Waals surface area (Å²) in [4.78, 5) is 14.5. The number of carbonyl (C=O) groups excluding carboxylic acids is 1. The molecule has 0 radical (unpaired) electrons. The number of nitrogens with zero attached hydrogens (tertiary/aromatic N) is 1. The summed E-state index contributed by atoms with van der Waals surface area (Å²) in [6.07, 6.45) is 2.08. The molecule has 0 saturated heterocycles. The van der Waals surface area contributed by atoms with Crippen molar-refractivity contribution in [1.29, 1.82) is 0 Å². The minimum atomic E-state index is -0.491. The Morgan fingerprint density at radius 3 is 2.81 bits per heavy atom.